The summed E-state index contributed by atoms with van der Waals surface area (Å²) in [5.74, 6) is 0.479. The summed E-state index contributed by atoms with van der Waals surface area (Å²) >= 11 is 5.20. The second-order valence-electron chi connectivity index (χ2n) is 6.05. The van der Waals surface area contributed by atoms with Gasteiger partial charge in [0.25, 0.3) is 0 Å². The predicted octanol–water partition coefficient (Wildman–Crippen LogP) is 4.70. The van der Waals surface area contributed by atoms with Crippen molar-refractivity contribution in [1.82, 2.24) is 5.32 Å². The van der Waals surface area contributed by atoms with Crippen molar-refractivity contribution in [2.24, 2.45) is 0 Å². The van der Waals surface area contributed by atoms with Crippen molar-refractivity contribution >= 4 is 35.0 Å². The van der Waals surface area contributed by atoms with E-state index >= 15 is 0 Å². The SMILES string of the molecule is CCC(C)Oc1cccc(NC(=S)NC(=O)/C=C/c2ccc(C)cc2)c1. The fraction of sp³-hybridized carbons (Fsp3) is 0.238. The standard InChI is InChI=1S/C21H24N2O2S/c1-4-16(3)25-19-7-5-6-18(14-19)22-21(26)23-20(24)13-12-17-10-8-15(2)9-11-17/h5-14,16H,4H2,1-3H3,(H2,22,23,24,26)/b13-12+. The van der Waals surface area contributed by atoms with Crippen LogP contribution < -0.4 is 15.4 Å². The molecule has 0 fully saturated rings. The van der Waals surface area contributed by atoms with E-state index in [4.69, 9.17) is 17.0 Å². The van der Waals surface area contributed by atoms with Crippen LogP contribution in [0.3, 0.4) is 0 Å². The lowest BCUT2D eigenvalue weighted by atomic mass is 10.1. The predicted molar refractivity (Wildman–Crippen MR) is 111 cm³/mol. The Bertz CT molecular complexity index is 785. The third-order valence-electron chi connectivity index (χ3n) is 3.75. The van der Waals surface area contributed by atoms with Gasteiger partial charge in [-0.15, -0.1) is 0 Å². The molecule has 5 heteroatoms. The third-order valence-corrected chi connectivity index (χ3v) is 3.95. The van der Waals surface area contributed by atoms with Crippen LogP contribution in [0, 0.1) is 6.92 Å². The second kappa shape index (κ2) is 9.73. The van der Waals surface area contributed by atoms with Crippen LogP contribution in [0.25, 0.3) is 6.08 Å². The first-order valence-electron chi connectivity index (χ1n) is 8.59. The number of hydrogen-bond donors (Lipinski definition) is 2. The zero-order valence-corrected chi connectivity index (χ0v) is 16.1. The van der Waals surface area contributed by atoms with Gasteiger partial charge in [0.05, 0.1) is 6.10 Å². The highest BCUT2D eigenvalue weighted by Gasteiger charge is 2.05. The van der Waals surface area contributed by atoms with Gasteiger partial charge in [0, 0.05) is 17.8 Å². The first-order valence-corrected chi connectivity index (χ1v) is 9.00. The summed E-state index contributed by atoms with van der Waals surface area (Å²) in [7, 11) is 0. The summed E-state index contributed by atoms with van der Waals surface area (Å²) in [6.07, 6.45) is 4.28. The van der Waals surface area contributed by atoms with Gasteiger partial charge in [-0.2, -0.15) is 0 Å². The first-order chi connectivity index (χ1) is 12.5. The Morgan fingerprint density at radius 2 is 1.96 bits per heavy atom. The molecule has 136 valence electrons. The monoisotopic (exact) mass is 368 g/mol. The molecule has 0 aliphatic carbocycles. The van der Waals surface area contributed by atoms with E-state index in [1.165, 1.54) is 11.6 Å². The van der Waals surface area contributed by atoms with Crippen LogP contribution in [0.2, 0.25) is 0 Å². The van der Waals surface area contributed by atoms with Crippen molar-refractivity contribution < 1.29 is 9.53 Å². The fourth-order valence-electron chi connectivity index (χ4n) is 2.13. The zero-order chi connectivity index (χ0) is 18.9. The lowest BCUT2D eigenvalue weighted by Crippen LogP contribution is -2.32. The number of amides is 1. The van der Waals surface area contributed by atoms with Crippen LogP contribution in [0.1, 0.15) is 31.4 Å². The molecule has 1 atom stereocenters. The Morgan fingerprint density at radius 3 is 2.65 bits per heavy atom. The third kappa shape index (κ3) is 6.69. The summed E-state index contributed by atoms with van der Waals surface area (Å²) < 4.78 is 5.78. The van der Waals surface area contributed by atoms with Gasteiger partial charge in [-0.05, 0) is 56.3 Å². The molecule has 2 aromatic carbocycles. The summed E-state index contributed by atoms with van der Waals surface area (Å²) in [5, 5.41) is 5.87. The number of rotatable bonds is 6. The maximum atomic E-state index is 12.0. The van der Waals surface area contributed by atoms with Crippen LogP contribution in [-0.4, -0.2) is 17.1 Å². The maximum Gasteiger partial charge on any atom is 0.250 e. The normalized spacial score (nSPS) is 11.8. The largest absolute Gasteiger partial charge is 0.491 e. The van der Waals surface area contributed by atoms with Crippen LogP contribution in [0.4, 0.5) is 5.69 Å². The Hall–Kier alpha value is -2.66. The number of benzene rings is 2. The zero-order valence-electron chi connectivity index (χ0n) is 15.3. The molecule has 2 aromatic rings. The van der Waals surface area contributed by atoms with Gasteiger partial charge in [0.2, 0.25) is 5.91 Å². The molecule has 0 radical (unpaired) electrons. The molecule has 0 heterocycles. The summed E-state index contributed by atoms with van der Waals surface area (Å²) in [5.41, 5.74) is 2.90. The number of carbonyl (C=O) groups excluding carboxylic acids is 1. The molecule has 4 nitrogen and oxygen atoms in total. The van der Waals surface area contributed by atoms with Gasteiger partial charge in [-0.25, -0.2) is 0 Å². The van der Waals surface area contributed by atoms with Gasteiger partial charge in [0.15, 0.2) is 5.11 Å². The molecule has 2 N–H and O–H groups in total. The van der Waals surface area contributed by atoms with E-state index in [2.05, 4.69) is 17.6 Å². The van der Waals surface area contributed by atoms with Crippen molar-refractivity contribution in [1.29, 1.82) is 0 Å². The number of aryl methyl sites for hydroxylation is 1. The molecule has 2 rings (SSSR count). The molecule has 1 unspecified atom stereocenters. The average Bonchev–Trinajstić information content (AvgIpc) is 2.61. The highest BCUT2D eigenvalue weighted by Crippen LogP contribution is 2.19. The van der Waals surface area contributed by atoms with E-state index in [9.17, 15) is 4.79 Å². The number of ether oxygens (including phenoxy) is 1. The number of thiocarbonyl (C=S) groups is 1. The van der Waals surface area contributed by atoms with Crippen molar-refractivity contribution in [3.8, 4) is 5.75 Å². The van der Waals surface area contributed by atoms with Crippen LogP contribution in [0.5, 0.6) is 5.75 Å². The van der Waals surface area contributed by atoms with E-state index in [1.54, 1.807) is 6.08 Å². The minimum absolute atomic E-state index is 0.142. The molecule has 26 heavy (non-hydrogen) atoms. The Kier molecular flexibility index (Phi) is 7.36. The molecule has 0 saturated carbocycles. The topological polar surface area (TPSA) is 50.4 Å². The molecule has 1 amide bonds. The minimum atomic E-state index is -0.282. The van der Waals surface area contributed by atoms with Crippen LogP contribution in [0.15, 0.2) is 54.6 Å². The van der Waals surface area contributed by atoms with Gasteiger partial charge >= 0.3 is 0 Å². The number of hydrogen-bond acceptors (Lipinski definition) is 3. The molecular weight excluding hydrogens is 344 g/mol. The number of anilines is 1. The summed E-state index contributed by atoms with van der Waals surface area (Å²) in [6.45, 7) is 6.11. The summed E-state index contributed by atoms with van der Waals surface area (Å²) in [6, 6.07) is 15.4. The molecule has 0 spiro atoms. The molecule has 0 aliphatic heterocycles. The Labute approximate surface area is 160 Å². The Morgan fingerprint density at radius 1 is 1.23 bits per heavy atom. The van der Waals surface area contributed by atoms with Gasteiger partial charge in [-0.1, -0.05) is 42.8 Å². The van der Waals surface area contributed by atoms with Crippen molar-refractivity contribution in [2.75, 3.05) is 5.32 Å². The minimum Gasteiger partial charge on any atom is -0.491 e. The first kappa shape index (κ1) is 19.7. The van der Waals surface area contributed by atoms with Crippen molar-refractivity contribution in [3.05, 3.63) is 65.7 Å². The van der Waals surface area contributed by atoms with Crippen LogP contribution in [-0.2, 0) is 4.79 Å². The number of carbonyl (C=O) groups is 1. The molecule has 0 bridgehead atoms. The van der Waals surface area contributed by atoms with Crippen molar-refractivity contribution in [3.63, 3.8) is 0 Å². The van der Waals surface area contributed by atoms with Gasteiger partial charge in [0.1, 0.15) is 5.75 Å². The highest BCUT2D eigenvalue weighted by molar-refractivity contribution is 7.80. The van der Waals surface area contributed by atoms with Gasteiger partial charge in [-0.3, -0.25) is 10.1 Å². The Balaban J connectivity index is 1.88. The second-order valence-corrected chi connectivity index (χ2v) is 6.46. The van der Waals surface area contributed by atoms with E-state index in [0.717, 1.165) is 23.4 Å². The highest BCUT2D eigenvalue weighted by atomic mass is 32.1. The van der Waals surface area contributed by atoms with Crippen LogP contribution >= 0.6 is 12.2 Å². The average molecular weight is 369 g/mol. The lowest BCUT2D eigenvalue weighted by Gasteiger charge is -2.14. The fourth-order valence-corrected chi connectivity index (χ4v) is 2.35. The lowest BCUT2D eigenvalue weighted by molar-refractivity contribution is -0.115. The molecule has 0 aliphatic rings. The van der Waals surface area contributed by atoms with E-state index in [-0.39, 0.29) is 17.1 Å². The van der Waals surface area contributed by atoms with E-state index in [0.29, 0.717) is 0 Å². The smallest absolute Gasteiger partial charge is 0.250 e. The van der Waals surface area contributed by atoms with Gasteiger partial charge < -0.3 is 10.1 Å². The quantitative estimate of drug-likeness (QED) is 0.573. The summed E-state index contributed by atoms with van der Waals surface area (Å²) in [4.78, 5) is 12.0. The molecule has 0 aromatic heterocycles. The number of nitrogens with one attached hydrogen (secondary N) is 2. The molecule has 0 saturated heterocycles. The van der Waals surface area contributed by atoms with E-state index in [1.807, 2.05) is 62.4 Å². The van der Waals surface area contributed by atoms with Crippen molar-refractivity contribution in [2.45, 2.75) is 33.3 Å². The molecular formula is C21H24N2O2S. The maximum absolute atomic E-state index is 12.0. The van der Waals surface area contributed by atoms with E-state index < -0.39 is 0 Å².